The summed E-state index contributed by atoms with van der Waals surface area (Å²) in [5, 5.41) is 0. The van der Waals surface area contributed by atoms with Crippen LogP contribution >= 0.6 is 0 Å². The first-order valence-corrected chi connectivity index (χ1v) is 13.9. The Morgan fingerprint density at radius 3 is 1.37 bits per heavy atom. The molecule has 0 fully saturated rings. The number of sulfone groups is 2. The zero-order valence-electron chi connectivity index (χ0n) is 18.3. The fourth-order valence-electron chi connectivity index (χ4n) is 3.50. The largest absolute Gasteiger partial charge is 0.222 e. The molecule has 30 heavy (non-hydrogen) atoms. The van der Waals surface area contributed by atoms with Crippen molar-refractivity contribution < 1.29 is 16.8 Å². The molecule has 0 bridgehead atoms. The van der Waals surface area contributed by atoms with E-state index in [1.165, 1.54) is 43.5 Å². The van der Waals surface area contributed by atoms with Gasteiger partial charge in [-0.15, -0.1) is 0 Å². The first-order chi connectivity index (χ1) is 14.2. The van der Waals surface area contributed by atoms with Crippen LogP contribution in [0.2, 0.25) is 0 Å². The molecule has 0 aliphatic rings. The number of benzene rings is 2. The van der Waals surface area contributed by atoms with Crippen LogP contribution in [0, 0.1) is 13.8 Å². The van der Waals surface area contributed by atoms with Gasteiger partial charge in [0.2, 0.25) is 0 Å². The maximum Gasteiger partial charge on any atom is 0.195 e. The molecule has 0 heterocycles. The molecule has 0 aliphatic heterocycles. The van der Waals surface area contributed by atoms with E-state index in [0.29, 0.717) is 6.42 Å². The average Bonchev–Trinajstić information content (AvgIpc) is 2.70. The van der Waals surface area contributed by atoms with Crippen molar-refractivity contribution in [1.29, 1.82) is 0 Å². The summed E-state index contributed by atoms with van der Waals surface area (Å²) in [7, 11) is -8.05. The van der Waals surface area contributed by atoms with Crippen LogP contribution in [0.3, 0.4) is 0 Å². The zero-order chi connectivity index (χ0) is 22.2. The van der Waals surface area contributed by atoms with Gasteiger partial charge in [-0.25, -0.2) is 16.8 Å². The Bertz CT molecular complexity index is 915. The van der Waals surface area contributed by atoms with Gasteiger partial charge in [0.05, 0.1) is 9.79 Å². The van der Waals surface area contributed by atoms with Crippen molar-refractivity contribution in [3.63, 3.8) is 0 Å². The Labute approximate surface area is 182 Å². The van der Waals surface area contributed by atoms with Gasteiger partial charge in [0, 0.05) is 0 Å². The third kappa shape index (κ3) is 6.42. The Balaban J connectivity index is 2.28. The lowest BCUT2D eigenvalue weighted by Crippen LogP contribution is -2.31. The predicted octanol–water partition coefficient (Wildman–Crippen LogP) is 6.02. The molecule has 4 nitrogen and oxygen atoms in total. The van der Waals surface area contributed by atoms with E-state index in [9.17, 15) is 16.8 Å². The summed E-state index contributed by atoms with van der Waals surface area (Å²) in [4.78, 5) is 0.133. The number of aryl methyl sites for hydroxylation is 2. The minimum Gasteiger partial charge on any atom is -0.222 e. The molecule has 0 atom stereocenters. The SMILES string of the molecule is CCCCCCCCCC(S(=O)(=O)c1ccc(C)cc1)S(=O)(=O)c1ccc(C)cc1. The van der Waals surface area contributed by atoms with Crippen LogP contribution in [0.25, 0.3) is 0 Å². The van der Waals surface area contributed by atoms with E-state index < -0.39 is 24.3 Å². The topological polar surface area (TPSA) is 68.3 Å². The summed E-state index contributed by atoms with van der Waals surface area (Å²) in [5.41, 5.74) is 1.86. The molecule has 0 aliphatic carbocycles. The highest BCUT2D eigenvalue weighted by Gasteiger charge is 2.39. The van der Waals surface area contributed by atoms with Gasteiger partial charge in [0.25, 0.3) is 0 Å². The Morgan fingerprint density at radius 1 is 0.600 bits per heavy atom. The van der Waals surface area contributed by atoms with Crippen LogP contribution in [0.15, 0.2) is 58.3 Å². The minimum absolute atomic E-state index is 0.0664. The van der Waals surface area contributed by atoms with Crippen molar-refractivity contribution in [1.82, 2.24) is 0 Å². The van der Waals surface area contributed by atoms with Crippen molar-refractivity contribution in [2.75, 3.05) is 0 Å². The normalized spacial score (nSPS) is 12.4. The van der Waals surface area contributed by atoms with Crippen molar-refractivity contribution in [3.8, 4) is 0 Å². The fourth-order valence-corrected chi connectivity index (χ4v) is 8.10. The first-order valence-electron chi connectivity index (χ1n) is 10.8. The third-order valence-electron chi connectivity index (χ3n) is 5.43. The maximum absolute atomic E-state index is 13.4. The molecule has 166 valence electrons. The van der Waals surface area contributed by atoms with E-state index in [1.54, 1.807) is 24.3 Å². The number of hydrogen-bond acceptors (Lipinski definition) is 4. The number of rotatable bonds is 12. The lowest BCUT2D eigenvalue weighted by molar-refractivity contribution is 0.549. The summed E-state index contributed by atoms with van der Waals surface area (Å²) < 4.78 is 52.0. The van der Waals surface area contributed by atoms with Gasteiger partial charge in [-0.3, -0.25) is 0 Å². The summed E-state index contributed by atoms with van der Waals surface area (Å²) in [5.74, 6) is 0. The molecule has 2 aromatic rings. The minimum atomic E-state index is -4.02. The smallest absolute Gasteiger partial charge is 0.195 e. The molecule has 0 aromatic heterocycles. The lowest BCUT2D eigenvalue weighted by Gasteiger charge is -2.19. The molecule has 0 unspecified atom stereocenters. The summed E-state index contributed by atoms with van der Waals surface area (Å²) >= 11 is 0. The van der Waals surface area contributed by atoms with Gasteiger partial charge in [-0.05, 0) is 44.5 Å². The summed E-state index contributed by atoms with van der Waals surface area (Å²) in [6.07, 6.45) is 7.18. The van der Waals surface area contributed by atoms with Crippen molar-refractivity contribution >= 4 is 19.7 Å². The van der Waals surface area contributed by atoms with E-state index >= 15 is 0 Å². The maximum atomic E-state index is 13.4. The van der Waals surface area contributed by atoms with E-state index in [1.807, 2.05) is 13.8 Å². The highest BCUT2D eigenvalue weighted by atomic mass is 32.3. The van der Waals surface area contributed by atoms with Crippen LogP contribution in [0.4, 0.5) is 0 Å². The lowest BCUT2D eigenvalue weighted by atomic mass is 10.1. The van der Waals surface area contributed by atoms with Crippen LogP contribution in [0.1, 0.15) is 69.4 Å². The van der Waals surface area contributed by atoms with Crippen molar-refractivity contribution in [2.45, 2.75) is 86.5 Å². The highest BCUT2D eigenvalue weighted by Crippen LogP contribution is 2.30. The van der Waals surface area contributed by atoms with Gasteiger partial charge < -0.3 is 0 Å². The molecular formula is C24H34O4S2. The van der Waals surface area contributed by atoms with Crippen LogP contribution < -0.4 is 0 Å². The number of hydrogen-bond donors (Lipinski definition) is 0. The molecule has 0 radical (unpaired) electrons. The monoisotopic (exact) mass is 450 g/mol. The highest BCUT2D eigenvalue weighted by molar-refractivity contribution is 8.09. The molecule has 0 amide bonds. The second-order valence-corrected chi connectivity index (χ2v) is 12.6. The van der Waals surface area contributed by atoms with Gasteiger partial charge in [0.1, 0.15) is 0 Å². The second kappa shape index (κ2) is 11.1. The molecule has 0 saturated carbocycles. The zero-order valence-corrected chi connectivity index (χ0v) is 19.9. The number of unbranched alkanes of at least 4 members (excludes halogenated alkanes) is 6. The van der Waals surface area contributed by atoms with Gasteiger partial charge >= 0.3 is 0 Å². The van der Waals surface area contributed by atoms with Gasteiger partial charge in [0.15, 0.2) is 24.3 Å². The van der Waals surface area contributed by atoms with Crippen LogP contribution in [-0.4, -0.2) is 21.4 Å². The Kier molecular flexibility index (Phi) is 9.10. The molecular weight excluding hydrogens is 416 g/mol. The summed E-state index contributed by atoms with van der Waals surface area (Å²) in [6.45, 7) is 5.90. The second-order valence-electron chi connectivity index (χ2n) is 8.06. The molecule has 6 heteroatoms. The Morgan fingerprint density at radius 2 is 0.967 bits per heavy atom. The molecule has 0 saturated heterocycles. The average molecular weight is 451 g/mol. The molecule has 0 N–H and O–H groups in total. The molecule has 2 rings (SSSR count). The van der Waals surface area contributed by atoms with E-state index in [2.05, 4.69) is 6.92 Å². The quantitative estimate of drug-likeness (QED) is 0.371. The molecule has 0 spiro atoms. The standard InChI is InChI=1S/C24H34O4S2/c1-4-5-6-7-8-9-10-11-24(29(25,26)22-16-12-20(2)13-17-22)30(27,28)23-18-14-21(3)15-19-23/h12-19,24H,4-11H2,1-3H3. The van der Waals surface area contributed by atoms with E-state index in [0.717, 1.165) is 30.4 Å². The van der Waals surface area contributed by atoms with Crippen molar-refractivity contribution in [3.05, 3.63) is 59.7 Å². The van der Waals surface area contributed by atoms with E-state index in [4.69, 9.17) is 0 Å². The van der Waals surface area contributed by atoms with Gasteiger partial charge in [-0.2, -0.15) is 0 Å². The van der Waals surface area contributed by atoms with Crippen molar-refractivity contribution in [2.24, 2.45) is 0 Å². The predicted molar refractivity (Wildman–Crippen MR) is 123 cm³/mol. The third-order valence-corrected chi connectivity index (χ3v) is 10.7. The van der Waals surface area contributed by atoms with E-state index in [-0.39, 0.29) is 16.2 Å². The summed E-state index contributed by atoms with van der Waals surface area (Å²) in [6, 6.07) is 12.8. The van der Waals surface area contributed by atoms with Gasteiger partial charge in [-0.1, -0.05) is 87.3 Å². The Hall–Kier alpha value is -1.66. The first kappa shape index (κ1) is 24.6. The fraction of sp³-hybridized carbons (Fsp3) is 0.500. The molecule has 2 aromatic carbocycles. The van der Waals surface area contributed by atoms with Crippen LogP contribution in [-0.2, 0) is 19.7 Å². The van der Waals surface area contributed by atoms with Crippen LogP contribution in [0.5, 0.6) is 0 Å².